The Hall–Kier alpha value is -2.63. The zero-order valence-electron chi connectivity index (χ0n) is 9.71. The molecule has 0 bridgehead atoms. The second kappa shape index (κ2) is 3.99. The van der Waals surface area contributed by atoms with Gasteiger partial charge < -0.3 is 5.32 Å². The molecule has 3 aromatic heterocycles. The molecule has 18 heavy (non-hydrogen) atoms. The monoisotopic (exact) mass is 241 g/mol. The molecule has 0 fully saturated rings. The molecule has 0 aliphatic rings. The largest absolute Gasteiger partial charge is 0.318 e. The summed E-state index contributed by atoms with van der Waals surface area (Å²) in [4.78, 5) is 12.0. The van der Waals surface area contributed by atoms with Crippen LogP contribution in [0.5, 0.6) is 0 Å². The molecule has 3 heterocycles. The van der Waals surface area contributed by atoms with Gasteiger partial charge in [0.25, 0.3) is 5.91 Å². The number of aromatic amines is 1. The topological polar surface area (TPSA) is 75.1 Å². The van der Waals surface area contributed by atoms with Crippen molar-refractivity contribution in [3.8, 4) is 0 Å². The van der Waals surface area contributed by atoms with Crippen molar-refractivity contribution >= 4 is 17.1 Å². The van der Waals surface area contributed by atoms with Gasteiger partial charge in [0, 0.05) is 12.4 Å². The van der Waals surface area contributed by atoms with E-state index in [-0.39, 0.29) is 5.91 Å². The number of anilines is 1. The highest BCUT2D eigenvalue weighted by Gasteiger charge is 2.12. The second-order valence-corrected chi connectivity index (χ2v) is 3.99. The van der Waals surface area contributed by atoms with E-state index in [0.29, 0.717) is 11.4 Å². The van der Waals surface area contributed by atoms with E-state index < -0.39 is 0 Å². The Labute approximate surface area is 103 Å². The number of aromatic nitrogens is 4. The summed E-state index contributed by atoms with van der Waals surface area (Å²) < 4.78 is 1.69. The van der Waals surface area contributed by atoms with E-state index in [1.54, 1.807) is 23.0 Å². The normalized spacial score (nSPS) is 10.7. The Kier molecular flexibility index (Phi) is 2.33. The average Bonchev–Trinajstić information content (AvgIpc) is 2.97. The quantitative estimate of drug-likeness (QED) is 0.715. The number of pyridine rings is 1. The Morgan fingerprint density at radius 3 is 3.11 bits per heavy atom. The maximum Gasteiger partial charge on any atom is 0.276 e. The van der Waals surface area contributed by atoms with Crippen LogP contribution in [-0.4, -0.2) is 25.7 Å². The molecule has 0 aliphatic heterocycles. The summed E-state index contributed by atoms with van der Waals surface area (Å²) in [7, 11) is 0. The molecule has 3 rings (SSSR count). The molecule has 0 unspecified atom stereocenters. The third-order valence-corrected chi connectivity index (χ3v) is 2.70. The molecule has 0 saturated carbocycles. The lowest BCUT2D eigenvalue weighted by molar-refractivity contribution is 0.102. The van der Waals surface area contributed by atoms with Gasteiger partial charge in [-0.1, -0.05) is 6.07 Å². The Bertz CT molecular complexity index is 698. The maximum atomic E-state index is 12.0. The summed E-state index contributed by atoms with van der Waals surface area (Å²) in [5, 5.41) is 13.3. The standard InChI is InChI=1S/C12H11N5O/c1-8-3-2-4-17-11(8)5-10(16-17)12(18)15-9-6-13-14-7-9/h2-7H,1H3,(H,13,14)(H,15,18). The molecule has 0 saturated heterocycles. The minimum atomic E-state index is -0.250. The third kappa shape index (κ3) is 1.73. The van der Waals surface area contributed by atoms with Gasteiger partial charge in [-0.25, -0.2) is 4.52 Å². The maximum absolute atomic E-state index is 12.0. The fraction of sp³-hybridized carbons (Fsp3) is 0.0833. The molecule has 0 aliphatic carbocycles. The van der Waals surface area contributed by atoms with Gasteiger partial charge in [-0.05, 0) is 24.6 Å². The van der Waals surface area contributed by atoms with Crippen molar-refractivity contribution in [2.75, 3.05) is 5.32 Å². The molecule has 3 aromatic rings. The van der Waals surface area contributed by atoms with E-state index >= 15 is 0 Å². The number of fused-ring (bicyclic) bond motifs is 1. The highest BCUT2D eigenvalue weighted by molar-refractivity contribution is 6.03. The van der Waals surface area contributed by atoms with Gasteiger partial charge in [0.1, 0.15) is 0 Å². The van der Waals surface area contributed by atoms with E-state index in [1.165, 1.54) is 0 Å². The van der Waals surface area contributed by atoms with Crippen molar-refractivity contribution in [1.29, 1.82) is 0 Å². The number of carbonyl (C=O) groups is 1. The van der Waals surface area contributed by atoms with Crippen LogP contribution >= 0.6 is 0 Å². The van der Waals surface area contributed by atoms with Gasteiger partial charge in [0.15, 0.2) is 5.69 Å². The fourth-order valence-electron chi connectivity index (χ4n) is 1.78. The lowest BCUT2D eigenvalue weighted by Gasteiger charge is -1.96. The number of hydrogen-bond donors (Lipinski definition) is 2. The number of nitrogens with one attached hydrogen (secondary N) is 2. The van der Waals surface area contributed by atoms with Crippen molar-refractivity contribution in [2.24, 2.45) is 0 Å². The van der Waals surface area contributed by atoms with Gasteiger partial charge >= 0.3 is 0 Å². The number of aryl methyl sites for hydroxylation is 1. The predicted molar refractivity (Wildman–Crippen MR) is 66.5 cm³/mol. The summed E-state index contributed by atoms with van der Waals surface area (Å²) in [6, 6.07) is 5.65. The molecular weight excluding hydrogens is 230 g/mol. The van der Waals surface area contributed by atoms with Crippen molar-refractivity contribution in [2.45, 2.75) is 6.92 Å². The van der Waals surface area contributed by atoms with Crippen LogP contribution < -0.4 is 5.32 Å². The van der Waals surface area contributed by atoms with E-state index in [4.69, 9.17) is 0 Å². The molecule has 1 amide bonds. The summed E-state index contributed by atoms with van der Waals surface area (Å²) in [6.07, 6.45) is 4.97. The van der Waals surface area contributed by atoms with Crippen LogP contribution in [0.15, 0.2) is 36.8 Å². The molecule has 6 heteroatoms. The summed E-state index contributed by atoms with van der Waals surface area (Å²) in [5.41, 5.74) is 3.00. The Morgan fingerprint density at radius 2 is 2.39 bits per heavy atom. The molecule has 6 nitrogen and oxygen atoms in total. The first-order chi connectivity index (χ1) is 8.74. The lowest BCUT2D eigenvalue weighted by atomic mass is 10.2. The van der Waals surface area contributed by atoms with Gasteiger partial charge in [-0.3, -0.25) is 9.89 Å². The van der Waals surface area contributed by atoms with Crippen LogP contribution in [0.1, 0.15) is 16.1 Å². The van der Waals surface area contributed by atoms with Crippen LogP contribution in [0.4, 0.5) is 5.69 Å². The third-order valence-electron chi connectivity index (χ3n) is 2.70. The summed E-state index contributed by atoms with van der Waals surface area (Å²) in [6.45, 7) is 1.98. The van der Waals surface area contributed by atoms with Crippen LogP contribution in [0.2, 0.25) is 0 Å². The molecular formula is C12H11N5O. The SMILES string of the molecule is Cc1cccn2nc(C(=O)Nc3cn[nH]c3)cc12. The summed E-state index contributed by atoms with van der Waals surface area (Å²) >= 11 is 0. The fourth-order valence-corrected chi connectivity index (χ4v) is 1.78. The van der Waals surface area contributed by atoms with Crippen molar-refractivity contribution in [1.82, 2.24) is 19.8 Å². The highest BCUT2D eigenvalue weighted by Crippen LogP contribution is 2.12. The first kappa shape index (κ1) is 10.5. The molecule has 0 radical (unpaired) electrons. The van der Waals surface area contributed by atoms with Gasteiger partial charge in [-0.15, -0.1) is 0 Å². The lowest BCUT2D eigenvalue weighted by Crippen LogP contribution is -2.12. The first-order valence-corrected chi connectivity index (χ1v) is 5.49. The second-order valence-electron chi connectivity index (χ2n) is 3.99. The Morgan fingerprint density at radius 1 is 1.50 bits per heavy atom. The zero-order chi connectivity index (χ0) is 12.5. The van der Waals surface area contributed by atoms with E-state index in [9.17, 15) is 4.79 Å². The van der Waals surface area contributed by atoms with Gasteiger partial charge in [0.05, 0.1) is 17.4 Å². The number of hydrogen-bond acceptors (Lipinski definition) is 3. The van der Waals surface area contributed by atoms with Crippen LogP contribution in [-0.2, 0) is 0 Å². The van der Waals surface area contributed by atoms with Crippen LogP contribution in [0.3, 0.4) is 0 Å². The average molecular weight is 241 g/mol. The minimum Gasteiger partial charge on any atom is -0.318 e. The number of H-pyrrole nitrogens is 1. The highest BCUT2D eigenvalue weighted by atomic mass is 16.1. The van der Waals surface area contributed by atoms with Crippen LogP contribution in [0, 0.1) is 6.92 Å². The smallest absolute Gasteiger partial charge is 0.276 e. The van der Waals surface area contributed by atoms with Crippen molar-refractivity contribution in [3.05, 3.63) is 48.0 Å². The van der Waals surface area contributed by atoms with E-state index in [1.807, 2.05) is 25.3 Å². The number of rotatable bonds is 2. The number of amides is 1. The predicted octanol–water partition coefficient (Wildman–Crippen LogP) is 1.62. The number of carbonyl (C=O) groups excluding carboxylic acids is 1. The van der Waals surface area contributed by atoms with E-state index in [0.717, 1.165) is 11.1 Å². The van der Waals surface area contributed by atoms with Gasteiger partial charge in [0.2, 0.25) is 0 Å². The van der Waals surface area contributed by atoms with Crippen LogP contribution in [0.25, 0.3) is 5.52 Å². The molecule has 2 N–H and O–H groups in total. The van der Waals surface area contributed by atoms with Crippen molar-refractivity contribution in [3.63, 3.8) is 0 Å². The minimum absolute atomic E-state index is 0.250. The number of nitrogens with zero attached hydrogens (tertiary/aromatic N) is 3. The van der Waals surface area contributed by atoms with E-state index in [2.05, 4.69) is 20.6 Å². The Balaban J connectivity index is 1.94. The molecule has 90 valence electrons. The molecule has 0 spiro atoms. The zero-order valence-corrected chi connectivity index (χ0v) is 9.71. The summed E-state index contributed by atoms with van der Waals surface area (Å²) in [5.74, 6) is -0.250. The molecule has 0 aromatic carbocycles. The van der Waals surface area contributed by atoms with Gasteiger partial charge in [-0.2, -0.15) is 10.2 Å². The first-order valence-electron chi connectivity index (χ1n) is 5.49. The molecule has 0 atom stereocenters. The van der Waals surface area contributed by atoms with Crippen molar-refractivity contribution < 1.29 is 4.79 Å².